The second-order valence-corrected chi connectivity index (χ2v) is 5.51. The van der Waals surface area contributed by atoms with Gasteiger partial charge in [0.25, 0.3) is 0 Å². The van der Waals surface area contributed by atoms with E-state index in [2.05, 4.69) is 9.89 Å². The molecule has 114 valence electrons. The summed E-state index contributed by atoms with van der Waals surface area (Å²) in [4.78, 5) is 17.4. The molecule has 1 saturated carbocycles. The molecule has 0 amide bonds. The average Bonchev–Trinajstić information content (AvgIpc) is 2.49. The molecule has 1 aromatic carbocycles. The van der Waals surface area contributed by atoms with E-state index in [1.54, 1.807) is 12.1 Å². The number of rotatable bonds is 4. The maximum atomic E-state index is 13.9. The minimum atomic E-state index is -0.709. The molecular weight excluding hydrogens is 273 g/mol. The van der Waals surface area contributed by atoms with E-state index >= 15 is 0 Å². The van der Waals surface area contributed by atoms with E-state index in [9.17, 15) is 9.18 Å². The van der Waals surface area contributed by atoms with E-state index in [-0.39, 0.29) is 11.3 Å². The monoisotopic (exact) mass is 293 g/mol. The Hall–Kier alpha value is -1.91. The van der Waals surface area contributed by atoms with Gasteiger partial charge in [0.05, 0.1) is 7.11 Å². The number of nitrogens with zero attached hydrogens (tertiary/aromatic N) is 1. The molecule has 0 N–H and O–H groups in total. The number of benzene rings is 1. The van der Waals surface area contributed by atoms with E-state index in [0.717, 1.165) is 25.7 Å². The predicted molar refractivity (Wildman–Crippen MR) is 77.5 cm³/mol. The highest BCUT2D eigenvalue weighted by atomic mass is 19.1. The summed E-state index contributed by atoms with van der Waals surface area (Å²) in [6.45, 7) is 1.96. The fourth-order valence-electron chi connectivity index (χ4n) is 2.49. The molecule has 0 saturated heterocycles. The van der Waals surface area contributed by atoms with Crippen LogP contribution in [0.2, 0.25) is 0 Å². The van der Waals surface area contributed by atoms with Crippen molar-refractivity contribution in [3.8, 4) is 0 Å². The highest BCUT2D eigenvalue weighted by Gasteiger charge is 2.30. The van der Waals surface area contributed by atoms with Crippen molar-refractivity contribution in [1.29, 1.82) is 0 Å². The quantitative estimate of drug-likeness (QED) is 0.485. The van der Waals surface area contributed by atoms with Gasteiger partial charge in [-0.05, 0) is 44.7 Å². The Bertz CT molecular complexity index is 536. The summed E-state index contributed by atoms with van der Waals surface area (Å²) in [5.41, 5.74) is -0.450. The first-order chi connectivity index (χ1) is 10.1. The third-order valence-electron chi connectivity index (χ3n) is 3.78. The normalized spacial score (nSPS) is 18.1. The lowest BCUT2D eigenvalue weighted by Crippen LogP contribution is -2.31. The highest BCUT2D eigenvalue weighted by molar-refractivity contribution is 6.43. The van der Waals surface area contributed by atoms with Crippen molar-refractivity contribution < 1.29 is 18.8 Å². The smallest absolute Gasteiger partial charge is 0.360 e. The summed E-state index contributed by atoms with van der Waals surface area (Å²) in [6, 6.07) is 5.95. The van der Waals surface area contributed by atoms with Crippen LogP contribution >= 0.6 is 0 Å². The molecule has 5 heteroatoms. The number of carbonyl (C=O) groups excluding carboxylic acids is 1. The van der Waals surface area contributed by atoms with E-state index in [1.165, 1.54) is 25.7 Å². The molecular formula is C16H20FNO3. The summed E-state index contributed by atoms with van der Waals surface area (Å²) in [5.74, 6) is -1.24. The topological polar surface area (TPSA) is 47.9 Å². The van der Waals surface area contributed by atoms with Crippen molar-refractivity contribution in [2.75, 3.05) is 7.11 Å². The molecule has 0 aromatic heterocycles. The highest BCUT2D eigenvalue weighted by Crippen LogP contribution is 2.31. The van der Waals surface area contributed by atoms with E-state index in [4.69, 9.17) is 4.84 Å². The van der Waals surface area contributed by atoms with Crippen LogP contribution in [0.1, 0.15) is 44.6 Å². The zero-order valence-electron chi connectivity index (χ0n) is 12.4. The Kier molecular flexibility index (Phi) is 4.94. The number of carbonyl (C=O) groups is 1. The largest absolute Gasteiger partial charge is 0.464 e. The molecule has 0 bridgehead atoms. The van der Waals surface area contributed by atoms with Gasteiger partial charge in [-0.1, -0.05) is 23.7 Å². The van der Waals surface area contributed by atoms with Crippen molar-refractivity contribution >= 4 is 11.7 Å². The third kappa shape index (κ3) is 3.80. The molecule has 21 heavy (non-hydrogen) atoms. The molecule has 1 fully saturated rings. The minimum Gasteiger partial charge on any atom is -0.464 e. The molecule has 0 radical (unpaired) electrons. The average molecular weight is 293 g/mol. The second kappa shape index (κ2) is 6.70. The van der Waals surface area contributed by atoms with Crippen LogP contribution in [0.25, 0.3) is 0 Å². The Morgan fingerprint density at radius 1 is 1.24 bits per heavy atom. The lowest BCUT2D eigenvalue weighted by Gasteiger charge is -2.31. The first kappa shape index (κ1) is 15.5. The van der Waals surface area contributed by atoms with Crippen LogP contribution in [-0.4, -0.2) is 24.4 Å². The van der Waals surface area contributed by atoms with E-state index < -0.39 is 17.4 Å². The van der Waals surface area contributed by atoms with Gasteiger partial charge in [-0.15, -0.1) is 0 Å². The van der Waals surface area contributed by atoms with Crippen LogP contribution in [-0.2, 0) is 14.4 Å². The van der Waals surface area contributed by atoms with Gasteiger partial charge in [-0.25, -0.2) is 9.18 Å². The molecule has 1 aliphatic carbocycles. The molecule has 0 atom stereocenters. The predicted octanol–water partition coefficient (Wildman–Crippen LogP) is 3.44. The first-order valence-corrected chi connectivity index (χ1v) is 7.15. The SMILES string of the molecule is COC(=O)/C(=N\OC1(C)CCCCC1)c1ccccc1F. The number of halogens is 1. The number of methoxy groups -OCH3 is 1. The summed E-state index contributed by atoms with van der Waals surface area (Å²) in [6.07, 6.45) is 5.07. The van der Waals surface area contributed by atoms with Crippen LogP contribution in [0.5, 0.6) is 0 Å². The second-order valence-electron chi connectivity index (χ2n) is 5.51. The van der Waals surface area contributed by atoms with Gasteiger partial charge in [-0.2, -0.15) is 0 Å². The lowest BCUT2D eigenvalue weighted by molar-refractivity contribution is -0.133. The van der Waals surface area contributed by atoms with Crippen molar-refractivity contribution in [2.45, 2.75) is 44.6 Å². The van der Waals surface area contributed by atoms with Gasteiger partial charge >= 0.3 is 5.97 Å². The molecule has 2 rings (SSSR count). The maximum Gasteiger partial charge on any atom is 0.360 e. The number of esters is 1. The Morgan fingerprint density at radius 2 is 1.90 bits per heavy atom. The molecule has 4 nitrogen and oxygen atoms in total. The summed E-state index contributed by atoms with van der Waals surface area (Å²) in [7, 11) is 1.24. The maximum absolute atomic E-state index is 13.9. The first-order valence-electron chi connectivity index (χ1n) is 7.15. The summed E-state index contributed by atoms with van der Waals surface area (Å²) < 4.78 is 18.5. The Balaban J connectivity index is 2.26. The number of ether oxygens (including phenoxy) is 1. The van der Waals surface area contributed by atoms with E-state index in [1.807, 2.05) is 6.92 Å². The lowest BCUT2D eigenvalue weighted by atomic mass is 9.87. The zero-order chi connectivity index (χ0) is 15.3. The summed E-state index contributed by atoms with van der Waals surface area (Å²) in [5, 5.41) is 3.92. The molecule has 1 aromatic rings. The standard InChI is InChI=1S/C16H20FNO3/c1-16(10-6-3-7-11-16)21-18-14(15(19)20-2)12-8-4-5-9-13(12)17/h4-5,8-9H,3,6-7,10-11H2,1-2H3/b18-14-. The Morgan fingerprint density at radius 3 is 2.52 bits per heavy atom. The van der Waals surface area contributed by atoms with Gasteiger partial charge in [-0.3, -0.25) is 0 Å². The van der Waals surface area contributed by atoms with Gasteiger partial charge in [0.1, 0.15) is 11.4 Å². The van der Waals surface area contributed by atoms with Crippen LogP contribution in [0.3, 0.4) is 0 Å². The summed E-state index contributed by atoms with van der Waals surface area (Å²) >= 11 is 0. The molecule has 0 heterocycles. The van der Waals surface area contributed by atoms with Crippen LogP contribution in [0, 0.1) is 5.82 Å². The van der Waals surface area contributed by atoms with Gasteiger partial charge in [0.15, 0.2) is 5.71 Å². The minimum absolute atomic E-state index is 0.0868. The Labute approximate surface area is 123 Å². The number of oxime groups is 1. The van der Waals surface area contributed by atoms with Crippen molar-refractivity contribution in [2.24, 2.45) is 5.16 Å². The van der Waals surface area contributed by atoms with Gasteiger partial charge in [0.2, 0.25) is 0 Å². The fraction of sp³-hybridized carbons (Fsp3) is 0.500. The van der Waals surface area contributed by atoms with Crippen molar-refractivity contribution in [3.63, 3.8) is 0 Å². The van der Waals surface area contributed by atoms with Gasteiger partial charge in [0, 0.05) is 5.56 Å². The fourth-order valence-corrected chi connectivity index (χ4v) is 2.49. The van der Waals surface area contributed by atoms with Crippen LogP contribution in [0.4, 0.5) is 4.39 Å². The molecule has 0 aliphatic heterocycles. The van der Waals surface area contributed by atoms with E-state index in [0.29, 0.717) is 0 Å². The van der Waals surface area contributed by atoms with Crippen molar-refractivity contribution in [1.82, 2.24) is 0 Å². The molecule has 0 unspecified atom stereocenters. The third-order valence-corrected chi connectivity index (χ3v) is 3.78. The zero-order valence-corrected chi connectivity index (χ0v) is 12.4. The van der Waals surface area contributed by atoms with Crippen LogP contribution in [0.15, 0.2) is 29.4 Å². The number of hydrogen-bond acceptors (Lipinski definition) is 4. The number of hydrogen-bond donors (Lipinski definition) is 0. The molecule has 0 spiro atoms. The van der Waals surface area contributed by atoms with Gasteiger partial charge < -0.3 is 9.57 Å². The van der Waals surface area contributed by atoms with Crippen molar-refractivity contribution in [3.05, 3.63) is 35.6 Å². The molecule has 1 aliphatic rings. The van der Waals surface area contributed by atoms with Crippen LogP contribution < -0.4 is 0 Å².